The first kappa shape index (κ1) is 15.5. The van der Waals surface area contributed by atoms with E-state index in [1.165, 1.54) is 0 Å². The lowest BCUT2D eigenvalue weighted by molar-refractivity contribution is -0.227. The summed E-state index contributed by atoms with van der Waals surface area (Å²) in [6.45, 7) is 0.119. The number of hydrogen-bond acceptors (Lipinski definition) is 8. The van der Waals surface area contributed by atoms with Crippen LogP contribution in [0.15, 0.2) is 0 Å². The smallest absolute Gasteiger partial charge is 0.302 e. The minimum absolute atomic E-state index is 0.0333. The van der Waals surface area contributed by atoms with E-state index >= 15 is 0 Å². The van der Waals surface area contributed by atoms with Crippen LogP contribution < -0.4 is 10.6 Å². The topological polar surface area (TPSA) is 131 Å². The van der Waals surface area contributed by atoms with Crippen LogP contribution in [0.25, 0.3) is 0 Å². The molecule has 0 fully saturated rings. The molecule has 1 unspecified atom stereocenters. The molecule has 0 aliphatic rings. The average Bonchev–Trinajstić information content (AvgIpc) is 2.21. The first-order valence-corrected chi connectivity index (χ1v) is 5.95. The number of carbonyl (C=O) groups excluding carboxylic acids is 1. The molecule has 0 aliphatic heterocycles. The van der Waals surface area contributed by atoms with Gasteiger partial charge < -0.3 is 29.5 Å². The predicted molar refractivity (Wildman–Crippen MR) is 51.2 cm³/mol. The summed E-state index contributed by atoms with van der Waals surface area (Å²) in [4.78, 5) is 21.3. The van der Waals surface area contributed by atoms with Crippen LogP contribution >= 0.6 is 7.82 Å². The fourth-order valence-corrected chi connectivity index (χ4v) is 1.40. The largest absolute Gasteiger partial charge is 0.756 e. The SMILES string of the molecule is CC(=O)OC[C@@H](O)COP(=O)([O-])OCCN. The molecule has 0 radical (unpaired) electrons. The fraction of sp³-hybridized carbons (Fsp3) is 0.857. The molecule has 0 aromatic heterocycles. The molecule has 0 rings (SSSR count). The van der Waals surface area contributed by atoms with E-state index in [0.29, 0.717) is 0 Å². The van der Waals surface area contributed by atoms with Crippen LogP contribution in [0.1, 0.15) is 6.92 Å². The van der Waals surface area contributed by atoms with E-state index in [-0.39, 0.29) is 19.8 Å². The second kappa shape index (κ2) is 7.72. The van der Waals surface area contributed by atoms with Crippen LogP contribution in [0.2, 0.25) is 0 Å². The van der Waals surface area contributed by atoms with Gasteiger partial charge in [-0.25, -0.2) is 0 Å². The number of ether oxygens (including phenoxy) is 1. The molecule has 96 valence electrons. The van der Waals surface area contributed by atoms with Gasteiger partial charge in [0.25, 0.3) is 7.82 Å². The minimum atomic E-state index is -4.44. The maximum Gasteiger partial charge on any atom is 0.302 e. The highest BCUT2D eigenvalue weighted by molar-refractivity contribution is 7.45. The molecule has 0 bridgehead atoms. The van der Waals surface area contributed by atoms with Crippen molar-refractivity contribution >= 4 is 13.8 Å². The Morgan fingerprint density at radius 3 is 2.62 bits per heavy atom. The molecular formula is C7H15NO7P-. The van der Waals surface area contributed by atoms with Crippen molar-refractivity contribution in [2.75, 3.05) is 26.4 Å². The predicted octanol–water partition coefficient (Wildman–Crippen LogP) is -1.63. The lowest BCUT2D eigenvalue weighted by Gasteiger charge is -2.23. The number of aliphatic hydroxyl groups is 1. The zero-order valence-corrected chi connectivity index (χ0v) is 9.72. The number of nitrogens with two attached hydrogens (primary N) is 1. The van der Waals surface area contributed by atoms with Crippen LogP contribution in [-0.2, 0) is 23.1 Å². The standard InChI is InChI=1S/C7H16NO7P/c1-6(9)13-4-7(10)5-15-16(11,12)14-3-2-8/h7,10H,2-5,8H2,1H3,(H,11,12)/p-1/t7-/m1/s1. The third-order valence-electron chi connectivity index (χ3n) is 1.27. The van der Waals surface area contributed by atoms with E-state index in [4.69, 9.17) is 10.8 Å². The molecule has 0 saturated heterocycles. The maximum absolute atomic E-state index is 10.9. The highest BCUT2D eigenvalue weighted by Gasteiger charge is 2.13. The average molecular weight is 256 g/mol. The maximum atomic E-state index is 10.9. The van der Waals surface area contributed by atoms with Crippen molar-refractivity contribution < 1.29 is 33.1 Å². The van der Waals surface area contributed by atoms with E-state index in [1.807, 2.05) is 0 Å². The van der Waals surface area contributed by atoms with E-state index in [0.717, 1.165) is 6.92 Å². The molecule has 0 spiro atoms. The Balaban J connectivity index is 3.76. The van der Waals surface area contributed by atoms with Gasteiger partial charge in [-0.15, -0.1) is 0 Å². The van der Waals surface area contributed by atoms with Crippen molar-refractivity contribution in [1.29, 1.82) is 0 Å². The summed E-state index contributed by atoms with van der Waals surface area (Å²) in [6, 6.07) is 0. The number of hydrogen-bond donors (Lipinski definition) is 2. The Kier molecular flexibility index (Phi) is 7.48. The second-order valence-corrected chi connectivity index (χ2v) is 4.23. The number of esters is 1. The number of rotatable bonds is 8. The minimum Gasteiger partial charge on any atom is -0.756 e. The van der Waals surface area contributed by atoms with Gasteiger partial charge >= 0.3 is 5.97 Å². The quantitative estimate of drug-likeness (QED) is 0.391. The number of carbonyl (C=O) groups is 1. The first-order chi connectivity index (χ1) is 7.37. The van der Waals surface area contributed by atoms with Crippen LogP contribution in [0.4, 0.5) is 0 Å². The van der Waals surface area contributed by atoms with Gasteiger partial charge in [-0.2, -0.15) is 0 Å². The van der Waals surface area contributed by atoms with Crippen molar-refractivity contribution in [3.63, 3.8) is 0 Å². The molecule has 0 saturated carbocycles. The molecule has 0 heterocycles. The Bertz CT molecular complexity index is 259. The first-order valence-electron chi connectivity index (χ1n) is 4.49. The van der Waals surface area contributed by atoms with Gasteiger partial charge in [0.2, 0.25) is 0 Å². The third kappa shape index (κ3) is 8.78. The van der Waals surface area contributed by atoms with Crippen LogP contribution in [0.5, 0.6) is 0 Å². The summed E-state index contributed by atoms with van der Waals surface area (Å²) < 4.78 is 24.0. The van der Waals surface area contributed by atoms with Gasteiger partial charge in [0, 0.05) is 13.5 Å². The Hall–Kier alpha value is -0.500. The molecule has 2 atom stereocenters. The highest BCUT2D eigenvalue weighted by Crippen LogP contribution is 2.37. The number of phosphoric acid groups is 1. The Labute approximate surface area is 92.9 Å². The highest BCUT2D eigenvalue weighted by atomic mass is 31.2. The molecule has 0 amide bonds. The summed E-state index contributed by atoms with van der Waals surface area (Å²) >= 11 is 0. The zero-order chi connectivity index (χ0) is 12.6. The van der Waals surface area contributed by atoms with Gasteiger partial charge in [0.1, 0.15) is 12.7 Å². The molecule has 8 nitrogen and oxygen atoms in total. The van der Waals surface area contributed by atoms with E-state index in [1.54, 1.807) is 0 Å². The Morgan fingerprint density at radius 1 is 1.50 bits per heavy atom. The summed E-state index contributed by atoms with van der Waals surface area (Å²) in [5.74, 6) is -0.580. The lowest BCUT2D eigenvalue weighted by atomic mass is 10.4. The summed E-state index contributed by atoms with van der Waals surface area (Å²) in [6.07, 6.45) is -1.23. The molecule has 0 aliphatic carbocycles. The number of phosphoric ester groups is 1. The van der Waals surface area contributed by atoms with Gasteiger partial charge in [0.05, 0.1) is 13.2 Å². The van der Waals surface area contributed by atoms with E-state index in [9.17, 15) is 14.3 Å². The summed E-state index contributed by atoms with van der Waals surface area (Å²) in [7, 11) is -4.44. The normalized spacial score (nSPS) is 16.5. The van der Waals surface area contributed by atoms with Crippen LogP contribution in [-0.4, -0.2) is 43.5 Å². The Morgan fingerprint density at radius 2 is 2.12 bits per heavy atom. The molecule has 0 aromatic carbocycles. The molecule has 9 heteroatoms. The zero-order valence-electron chi connectivity index (χ0n) is 8.83. The van der Waals surface area contributed by atoms with Gasteiger partial charge in [0.15, 0.2) is 0 Å². The molecular weight excluding hydrogens is 241 g/mol. The van der Waals surface area contributed by atoms with Crippen molar-refractivity contribution in [2.45, 2.75) is 13.0 Å². The van der Waals surface area contributed by atoms with E-state index < -0.39 is 26.5 Å². The molecule has 16 heavy (non-hydrogen) atoms. The second-order valence-electron chi connectivity index (χ2n) is 2.82. The number of aliphatic hydroxyl groups excluding tert-OH is 1. The van der Waals surface area contributed by atoms with Crippen molar-refractivity contribution in [3.05, 3.63) is 0 Å². The van der Waals surface area contributed by atoms with Crippen molar-refractivity contribution in [2.24, 2.45) is 5.73 Å². The lowest BCUT2D eigenvalue weighted by Crippen LogP contribution is -2.24. The van der Waals surface area contributed by atoms with Crippen molar-refractivity contribution in [1.82, 2.24) is 0 Å². The molecule has 3 N–H and O–H groups in total. The monoisotopic (exact) mass is 256 g/mol. The van der Waals surface area contributed by atoms with E-state index in [2.05, 4.69) is 13.8 Å². The van der Waals surface area contributed by atoms with Crippen LogP contribution in [0.3, 0.4) is 0 Å². The summed E-state index contributed by atoms with van der Waals surface area (Å²) in [5.41, 5.74) is 5.03. The van der Waals surface area contributed by atoms with Gasteiger partial charge in [-0.1, -0.05) is 0 Å². The van der Waals surface area contributed by atoms with Crippen LogP contribution in [0, 0.1) is 0 Å². The third-order valence-corrected chi connectivity index (χ3v) is 2.24. The fourth-order valence-electron chi connectivity index (χ4n) is 0.641. The van der Waals surface area contributed by atoms with Crippen molar-refractivity contribution in [3.8, 4) is 0 Å². The van der Waals surface area contributed by atoms with Gasteiger partial charge in [-0.05, 0) is 0 Å². The van der Waals surface area contributed by atoms with Gasteiger partial charge in [-0.3, -0.25) is 9.36 Å². The summed E-state index contributed by atoms with van der Waals surface area (Å²) in [5, 5.41) is 9.14. The molecule has 0 aromatic rings.